The third kappa shape index (κ3) is 3.64. The Morgan fingerprint density at radius 3 is 2.18 bits per heavy atom. The first-order valence-electron chi connectivity index (χ1n) is 8.51. The summed E-state index contributed by atoms with van der Waals surface area (Å²) in [6.07, 6.45) is 0. The van der Waals surface area contributed by atoms with Gasteiger partial charge in [0.05, 0.1) is 10.9 Å². The van der Waals surface area contributed by atoms with E-state index in [-0.39, 0.29) is 10.6 Å². The molecule has 9 heteroatoms. The van der Waals surface area contributed by atoms with Crippen LogP contribution in [-0.4, -0.2) is 43.1 Å². The first-order chi connectivity index (χ1) is 13.1. The molecule has 3 N–H and O–H groups in total. The summed E-state index contributed by atoms with van der Waals surface area (Å²) in [6.45, 7) is 2.33. The Morgan fingerprint density at radius 2 is 1.71 bits per heavy atom. The summed E-state index contributed by atoms with van der Waals surface area (Å²) in [5.41, 5.74) is 2.25. The number of halogens is 1. The zero-order valence-corrected chi connectivity index (χ0v) is 16.9. The van der Waals surface area contributed by atoms with E-state index in [0.717, 1.165) is 11.1 Å². The molecular weight excluding hydrogens is 402 g/mol. The van der Waals surface area contributed by atoms with Crippen molar-refractivity contribution in [3.05, 3.63) is 70.4 Å². The molecule has 2 aromatic rings. The van der Waals surface area contributed by atoms with Crippen molar-refractivity contribution in [1.29, 1.82) is 0 Å². The molecular formula is C19H20ClN3O4S. The number of hydrogen-bond donors (Lipinski definition) is 2. The smallest absolute Gasteiger partial charge is 0.353 e. The lowest BCUT2D eigenvalue weighted by Crippen LogP contribution is -2.37. The predicted octanol–water partition coefficient (Wildman–Crippen LogP) is 2.71. The zero-order chi connectivity index (χ0) is 20.6. The molecule has 0 saturated carbocycles. The summed E-state index contributed by atoms with van der Waals surface area (Å²) in [4.78, 5) is 12.1. The van der Waals surface area contributed by atoms with Crippen molar-refractivity contribution in [1.82, 2.24) is 10.0 Å². The normalized spacial score (nSPS) is 18.0. The number of hydrazine groups is 1. The lowest BCUT2D eigenvalue weighted by molar-refractivity contribution is -0.136. The second kappa shape index (κ2) is 7.56. The molecule has 2 aromatic carbocycles. The van der Waals surface area contributed by atoms with E-state index in [4.69, 9.17) is 16.7 Å². The second-order valence-corrected chi connectivity index (χ2v) is 8.38. The summed E-state index contributed by atoms with van der Waals surface area (Å²) in [5.74, 6) is -1.04. The SMILES string of the molecule is CCN1C(C(=O)O)=C(c2ccc(Cl)cc2)C(c2ccc(S(N)(=O)=O)cc2)N1C. The maximum Gasteiger partial charge on any atom is 0.353 e. The van der Waals surface area contributed by atoms with Crippen LogP contribution in [0.3, 0.4) is 0 Å². The fourth-order valence-electron chi connectivity index (χ4n) is 3.51. The number of hydrogen-bond acceptors (Lipinski definition) is 5. The van der Waals surface area contributed by atoms with Crippen LogP contribution in [-0.2, 0) is 14.8 Å². The molecule has 3 rings (SSSR count). The van der Waals surface area contributed by atoms with Gasteiger partial charge in [0, 0.05) is 24.2 Å². The minimum atomic E-state index is -3.81. The number of likely N-dealkylation sites (N-methyl/N-ethyl adjacent to an activating group) is 2. The maximum absolute atomic E-state index is 12.1. The highest BCUT2D eigenvalue weighted by Gasteiger charge is 2.40. The van der Waals surface area contributed by atoms with E-state index < -0.39 is 22.0 Å². The average Bonchev–Trinajstić information content (AvgIpc) is 2.94. The van der Waals surface area contributed by atoms with Crippen molar-refractivity contribution in [3.63, 3.8) is 0 Å². The molecule has 1 aliphatic rings. The summed E-state index contributed by atoms with van der Waals surface area (Å²) in [6, 6.07) is 12.7. The van der Waals surface area contributed by atoms with Crippen LogP contribution in [0.4, 0.5) is 0 Å². The van der Waals surface area contributed by atoms with Gasteiger partial charge < -0.3 is 5.11 Å². The van der Waals surface area contributed by atoms with Crippen molar-refractivity contribution in [2.24, 2.45) is 5.14 Å². The van der Waals surface area contributed by atoms with Gasteiger partial charge in [-0.25, -0.2) is 23.4 Å². The Morgan fingerprint density at radius 1 is 1.14 bits per heavy atom. The van der Waals surface area contributed by atoms with Crippen LogP contribution in [0.5, 0.6) is 0 Å². The highest BCUT2D eigenvalue weighted by Crippen LogP contribution is 2.44. The quantitative estimate of drug-likeness (QED) is 0.769. The molecule has 28 heavy (non-hydrogen) atoms. The van der Waals surface area contributed by atoms with Gasteiger partial charge in [-0.3, -0.25) is 5.01 Å². The van der Waals surface area contributed by atoms with Crippen LogP contribution in [0.2, 0.25) is 5.02 Å². The van der Waals surface area contributed by atoms with Gasteiger partial charge >= 0.3 is 5.97 Å². The van der Waals surface area contributed by atoms with Crippen molar-refractivity contribution >= 4 is 33.2 Å². The van der Waals surface area contributed by atoms with Gasteiger partial charge in [0.15, 0.2) is 0 Å². The highest BCUT2D eigenvalue weighted by atomic mass is 35.5. The molecule has 7 nitrogen and oxygen atoms in total. The van der Waals surface area contributed by atoms with Crippen LogP contribution in [0, 0.1) is 0 Å². The molecule has 1 unspecified atom stereocenters. The largest absolute Gasteiger partial charge is 0.477 e. The van der Waals surface area contributed by atoms with Crippen LogP contribution < -0.4 is 5.14 Å². The Hall–Kier alpha value is -2.39. The summed E-state index contributed by atoms with van der Waals surface area (Å²) >= 11 is 5.99. The number of carboxylic acid groups (broad SMARTS) is 1. The fourth-order valence-corrected chi connectivity index (χ4v) is 4.15. The number of aliphatic carboxylic acids is 1. The van der Waals surface area contributed by atoms with Gasteiger partial charge in [-0.15, -0.1) is 0 Å². The molecule has 1 heterocycles. The lowest BCUT2D eigenvalue weighted by atomic mass is 9.92. The first-order valence-corrected chi connectivity index (χ1v) is 10.4. The van der Waals surface area contributed by atoms with E-state index in [1.54, 1.807) is 48.5 Å². The number of nitrogens with zero attached hydrogens (tertiary/aromatic N) is 2. The first kappa shape index (κ1) is 20.3. The second-order valence-electron chi connectivity index (χ2n) is 6.38. The highest BCUT2D eigenvalue weighted by molar-refractivity contribution is 7.89. The van der Waals surface area contributed by atoms with Crippen molar-refractivity contribution in [2.75, 3.05) is 13.6 Å². The van der Waals surface area contributed by atoms with Gasteiger partial charge in [-0.1, -0.05) is 35.9 Å². The number of primary sulfonamides is 1. The number of carboxylic acids is 1. The predicted molar refractivity (Wildman–Crippen MR) is 107 cm³/mol. The van der Waals surface area contributed by atoms with E-state index in [2.05, 4.69) is 0 Å². The summed E-state index contributed by atoms with van der Waals surface area (Å²) in [7, 11) is -2.01. The zero-order valence-electron chi connectivity index (χ0n) is 15.3. The molecule has 0 radical (unpaired) electrons. The van der Waals surface area contributed by atoms with Gasteiger partial charge in [-0.2, -0.15) is 0 Å². The number of nitrogens with two attached hydrogens (primary N) is 1. The van der Waals surface area contributed by atoms with Crippen molar-refractivity contribution in [2.45, 2.75) is 17.9 Å². The number of benzene rings is 2. The molecule has 0 aliphatic carbocycles. The van der Waals surface area contributed by atoms with Crippen molar-refractivity contribution < 1.29 is 18.3 Å². The van der Waals surface area contributed by atoms with Crippen LogP contribution >= 0.6 is 11.6 Å². The number of sulfonamides is 1. The molecule has 0 spiro atoms. The topological polar surface area (TPSA) is 104 Å². The standard InChI is InChI=1S/C19H20ClN3O4S/c1-3-23-18(19(24)25)16(12-4-8-14(20)9-5-12)17(22(23)2)13-6-10-15(11-7-13)28(21,26)27/h4-11,17H,3H2,1-2H3,(H,24,25)(H2,21,26,27). The van der Waals surface area contributed by atoms with Gasteiger partial charge in [0.25, 0.3) is 0 Å². The average molecular weight is 422 g/mol. The Bertz CT molecular complexity index is 1030. The van der Waals surface area contributed by atoms with Gasteiger partial charge in [-0.05, 0) is 42.3 Å². The van der Waals surface area contributed by atoms with E-state index >= 15 is 0 Å². The Balaban J connectivity index is 2.19. The monoisotopic (exact) mass is 421 g/mol. The molecule has 0 bridgehead atoms. The summed E-state index contributed by atoms with van der Waals surface area (Å²) < 4.78 is 23.1. The van der Waals surface area contributed by atoms with E-state index in [1.807, 2.05) is 11.9 Å². The number of carbonyl (C=O) groups is 1. The van der Waals surface area contributed by atoms with Crippen LogP contribution in [0.25, 0.3) is 5.57 Å². The third-order valence-electron chi connectivity index (χ3n) is 4.72. The molecule has 1 atom stereocenters. The van der Waals surface area contributed by atoms with E-state index in [1.165, 1.54) is 12.1 Å². The lowest BCUT2D eigenvalue weighted by Gasteiger charge is -2.31. The van der Waals surface area contributed by atoms with E-state index in [9.17, 15) is 18.3 Å². The fraction of sp³-hybridized carbons (Fsp3) is 0.211. The van der Waals surface area contributed by atoms with Crippen LogP contribution in [0.1, 0.15) is 24.1 Å². The molecule has 148 valence electrons. The van der Waals surface area contributed by atoms with Crippen LogP contribution in [0.15, 0.2) is 59.1 Å². The van der Waals surface area contributed by atoms with E-state index in [0.29, 0.717) is 17.1 Å². The Labute approximate surface area is 168 Å². The number of rotatable bonds is 5. The molecule has 0 aromatic heterocycles. The van der Waals surface area contributed by atoms with Gasteiger partial charge in [0.2, 0.25) is 10.0 Å². The third-order valence-corrected chi connectivity index (χ3v) is 5.90. The molecule has 0 fully saturated rings. The minimum absolute atomic E-state index is 0.000252. The molecule has 0 amide bonds. The molecule has 1 aliphatic heterocycles. The summed E-state index contributed by atoms with van der Waals surface area (Å²) in [5, 5.41) is 19.1. The maximum atomic E-state index is 12.1. The Kier molecular flexibility index (Phi) is 5.49. The molecule has 0 saturated heterocycles. The minimum Gasteiger partial charge on any atom is -0.477 e. The van der Waals surface area contributed by atoms with Crippen molar-refractivity contribution in [3.8, 4) is 0 Å². The van der Waals surface area contributed by atoms with Gasteiger partial charge in [0.1, 0.15) is 5.70 Å².